The average molecular weight is 489 g/mol. The highest BCUT2D eigenvalue weighted by Crippen LogP contribution is 2.37. The third-order valence-electron chi connectivity index (χ3n) is 5.85. The number of carbonyl (C=O) groups excluding carboxylic acids is 2. The highest BCUT2D eigenvalue weighted by Gasteiger charge is 2.38. The zero-order chi connectivity index (χ0) is 25.9. The van der Waals surface area contributed by atoms with Gasteiger partial charge in [-0.1, -0.05) is 32.9 Å². The molecule has 1 aliphatic rings. The summed E-state index contributed by atoms with van der Waals surface area (Å²) >= 11 is 0. The summed E-state index contributed by atoms with van der Waals surface area (Å²) in [7, 11) is 1.34. The Bertz CT molecular complexity index is 796. The van der Waals surface area contributed by atoms with Crippen molar-refractivity contribution in [2.75, 3.05) is 13.7 Å². The van der Waals surface area contributed by atoms with Gasteiger partial charge in [0.2, 0.25) is 0 Å². The van der Waals surface area contributed by atoms with E-state index in [0.29, 0.717) is 17.0 Å². The van der Waals surface area contributed by atoms with Crippen LogP contribution >= 0.6 is 0 Å². The van der Waals surface area contributed by atoms with Gasteiger partial charge in [-0.2, -0.15) is 13.2 Å². The van der Waals surface area contributed by atoms with Crippen molar-refractivity contribution in [1.29, 1.82) is 0 Å². The van der Waals surface area contributed by atoms with E-state index in [4.69, 9.17) is 9.90 Å². The summed E-state index contributed by atoms with van der Waals surface area (Å²) in [5.41, 5.74) is 2.20. The maximum Gasteiger partial charge on any atom is 0.490 e. The van der Waals surface area contributed by atoms with Gasteiger partial charge in [-0.15, -0.1) is 0 Å². The smallest absolute Gasteiger partial charge is 0.475 e. The van der Waals surface area contributed by atoms with Crippen LogP contribution in [0.1, 0.15) is 68.8 Å². The molecule has 0 spiro atoms. The van der Waals surface area contributed by atoms with E-state index in [9.17, 15) is 22.8 Å². The van der Waals surface area contributed by atoms with Crippen LogP contribution in [0, 0.1) is 11.3 Å². The number of hydrogen-bond acceptors (Lipinski definition) is 5. The Labute approximate surface area is 198 Å². The van der Waals surface area contributed by atoms with Crippen molar-refractivity contribution >= 4 is 17.8 Å². The third-order valence-corrected chi connectivity index (χ3v) is 5.85. The number of amides is 1. The van der Waals surface area contributed by atoms with Gasteiger partial charge in [-0.3, -0.25) is 9.59 Å². The SMILES string of the molecule is COC(=O)CCNC(=O)c1ccc(CNC2CCC(C(C)(C)C)CC2)cc1.O=C(O)C(F)(F)F. The number of alkyl halides is 3. The molecule has 0 aromatic heterocycles. The number of halogens is 3. The number of ether oxygens (including phenoxy) is 1. The molecular weight excluding hydrogens is 453 g/mol. The minimum Gasteiger partial charge on any atom is -0.475 e. The Balaban J connectivity index is 0.000000718. The van der Waals surface area contributed by atoms with Crippen LogP contribution in [-0.2, 0) is 20.9 Å². The second kappa shape index (κ2) is 13.3. The van der Waals surface area contributed by atoms with E-state index in [2.05, 4.69) is 36.1 Å². The first-order valence-corrected chi connectivity index (χ1v) is 11.2. The van der Waals surface area contributed by atoms with Crippen LogP contribution in [0.15, 0.2) is 24.3 Å². The van der Waals surface area contributed by atoms with E-state index in [1.54, 1.807) is 0 Å². The fourth-order valence-electron chi connectivity index (χ4n) is 3.68. The Morgan fingerprint density at radius 1 is 1.03 bits per heavy atom. The molecule has 10 heteroatoms. The van der Waals surface area contributed by atoms with Crippen LogP contribution in [0.5, 0.6) is 0 Å². The van der Waals surface area contributed by atoms with Gasteiger partial charge in [-0.25, -0.2) is 4.79 Å². The summed E-state index contributed by atoms with van der Waals surface area (Å²) in [6.45, 7) is 8.15. The maximum absolute atomic E-state index is 12.1. The molecule has 1 aromatic rings. The van der Waals surface area contributed by atoms with Crippen molar-refractivity contribution in [2.45, 2.75) is 71.6 Å². The Kier molecular flexibility index (Phi) is 11.5. The number of methoxy groups -OCH3 is 1. The number of aliphatic carboxylic acids is 1. The van der Waals surface area contributed by atoms with Crippen molar-refractivity contribution in [2.24, 2.45) is 11.3 Å². The fraction of sp³-hybridized carbons (Fsp3) is 0.625. The van der Waals surface area contributed by atoms with Gasteiger partial charge >= 0.3 is 18.1 Å². The van der Waals surface area contributed by atoms with E-state index in [0.717, 1.165) is 12.5 Å². The average Bonchev–Trinajstić information content (AvgIpc) is 2.77. The zero-order valence-corrected chi connectivity index (χ0v) is 20.1. The van der Waals surface area contributed by atoms with Gasteiger partial charge in [0.15, 0.2) is 0 Å². The van der Waals surface area contributed by atoms with Crippen LogP contribution < -0.4 is 10.6 Å². The van der Waals surface area contributed by atoms with E-state index in [1.165, 1.54) is 38.4 Å². The first kappa shape index (κ1) is 29.4. The molecule has 0 heterocycles. The standard InChI is InChI=1S/C22H34N2O3.C2HF3O2/c1-22(2,3)18-9-11-19(12-10-18)24-15-16-5-7-17(8-6-16)21(26)23-14-13-20(25)27-4;3-2(4,5)1(6)7/h5-8,18-19,24H,9-15H2,1-4H3,(H,23,26);(H,6,7). The number of nitrogens with one attached hydrogen (secondary N) is 2. The molecule has 1 saturated carbocycles. The molecule has 0 saturated heterocycles. The van der Waals surface area contributed by atoms with Crippen LogP contribution in [0.4, 0.5) is 13.2 Å². The molecule has 2 rings (SSSR count). The molecule has 192 valence electrons. The number of hydrogen-bond donors (Lipinski definition) is 3. The topological polar surface area (TPSA) is 105 Å². The lowest BCUT2D eigenvalue weighted by atomic mass is 9.71. The highest BCUT2D eigenvalue weighted by atomic mass is 19.4. The lowest BCUT2D eigenvalue weighted by Crippen LogP contribution is -2.35. The predicted octanol–water partition coefficient (Wildman–Crippen LogP) is 4.31. The van der Waals surface area contributed by atoms with Gasteiger partial charge in [0.05, 0.1) is 13.5 Å². The molecule has 3 N–H and O–H groups in total. The number of carboxylic acids is 1. The van der Waals surface area contributed by atoms with Gasteiger partial charge in [0, 0.05) is 24.7 Å². The molecule has 1 fully saturated rings. The summed E-state index contributed by atoms with van der Waals surface area (Å²) in [5.74, 6) is -2.42. The normalized spacial score (nSPS) is 18.3. The quantitative estimate of drug-likeness (QED) is 0.494. The monoisotopic (exact) mass is 488 g/mol. The van der Waals surface area contributed by atoms with E-state index in [1.807, 2.05) is 24.3 Å². The molecule has 7 nitrogen and oxygen atoms in total. The number of benzene rings is 1. The predicted molar refractivity (Wildman–Crippen MR) is 121 cm³/mol. The molecule has 0 unspecified atom stereocenters. The Morgan fingerprint density at radius 2 is 1.56 bits per heavy atom. The molecule has 1 aliphatic carbocycles. The maximum atomic E-state index is 12.1. The summed E-state index contributed by atoms with van der Waals surface area (Å²) < 4.78 is 36.3. The van der Waals surface area contributed by atoms with Gasteiger partial charge in [0.1, 0.15) is 0 Å². The fourth-order valence-corrected chi connectivity index (χ4v) is 3.68. The van der Waals surface area contributed by atoms with Crippen LogP contribution in [-0.4, -0.2) is 48.8 Å². The Morgan fingerprint density at radius 3 is 2.00 bits per heavy atom. The third kappa shape index (κ3) is 11.0. The second-order valence-electron chi connectivity index (χ2n) is 9.38. The van der Waals surface area contributed by atoms with Gasteiger partial charge < -0.3 is 20.5 Å². The van der Waals surface area contributed by atoms with Gasteiger partial charge in [-0.05, 0) is 54.7 Å². The van der Waals surface area contributed by atoms with E-state index >= 15 is 0 Å². The summed E-state index contributed by atoms with van der Waals surface area (Å²) in [6.07, 6.45) is 0.171. The summed E-state index contributed by atoms with van der Waals surface area (Å²) in [4.78, 5) is 32.0. The molecule has 1 amide bonds. The molecular formula is C24H35F3N2O5. The number of rotatable bonds is 7. The lowest BCUT2D eigenvalue weighted by Gasteiger charge is -2.37. The summed E-state index contributed by atoms with van der Waals surface area (Å²) in [6, 6.07) is 8.23. The minimum absolute atomic E-state index is 0.168. The lowest BCUT2D eigenvalue weighted by molar-refractivity contribution is -0.192. The largest absolute Gasteiger partial charge is 0.490 e. The minimum atomic E-state index is -5.08. The summed E-state index contributed by atoms with van der Waals surface area (Å²) in [5, 5.41) is 13.5. The van der Waals surface area contributed by atoms with Gasteiger partial charge in [0.25, 0.3) is 5.91 Å². The number of carbonyl (C=O) groups is 3. The van der Waals surface area contributed by atoms with Crippen molar-refractivity contribution in [3.05, 3.63) is 35.4 Å². The van der Waals surface area contributed by atoms with Crippen molar-refractivity contribution < 1.29 is 37.4 Å². The van der Waals surface area contributed by atoms with Crippen LogP contribution in [0.2, 0.25) is 0 Å². The second-order valence-corrected chi connectivity index (χ2v) is 9.38. The molecule has 0 atom stereocenters. The number of carboxylic acid groups (broad SMARTS) is 1. The van der Waals surface area contributed by atoms with Crippen LogP contribution in [0.3, 0.4) is 0 Å². The van der Waals surface area contributed by atoms with Crippen molar-refractivity contribution in [3.8, 4) is 0 Å². The first-order chi connectivity index (χ1) is 15.7. The van der Waals surface area contributed by atoms with Crippen molar-refractivity contribution in [3.63, 3.8) is 0 Å². The first-order valence-electron chi connectivity index (χ1n) is 11.2. The molecule has 0 bridgehead atoms. The number of esters is 1. The van der Waals surface area contributed by atoms with E-state index in [-0.39, 0.29) is 24.8 Å². The molecule has 34 heavy (non-hydrogen) atoms. The van der Waals surface area contributed by atoms with Crippen molar-refractivity contribution in [1.82, 2.24) is 10.6 Å². The molecule has 0 aliphatic heterocycles. The zero-order valence-electron chi connectivity index (χ0n) is 20.1. The highest BCUT2D eigenvalue weighted by molar-refractivity contribution is 5.94. The molecule has 0 radical (unpaired) electrons. The van der Waals surface area contributed by atoms with E-state index < -0.39 is 12.1 Å². The van der Waals surface area contributed by atoms with Crippen LogP contribution in [0.25, 0.3) is 0 Å². The molecule has 1 aromatic carbocycles. The Hall–Kier alpha value is -2.62.